The average Bonchev–Trinajstić information content (AvgIpc) is 3.24. The Kier molecular flexibility index (Phi) is 6.96. The van der Waals surface area contributed by atoms with E-state index in [1.165, 1.54) is 12.1 Å². The minimum atomic E-state index is -0.688. The van der Waals surface area contributed by atoms with Gasteiger partial charge in [0.25, 0.3) is 0 Å². The van der Waals surface area contributed by atoms with Crippen LogP contribution < -0.4 is 5.32 Å². The van der Waals surface area contributed by atoms with Crippen LogP contribution in [0.15, 0.2) is 73.3 Å². The van der Waals surface area contributed by atoms with Gasteiger partial charge in [0.15, 0.2) is 0 Å². The molecule has 0 saturated carbocycles. The third kappa shape index (κ3) is 5.44. The molecule has 1 unspecified atom stereocenters. The van der Waals surface area contributed by atoms with Crippen molar-refractivity contribution in [1.29, 1.82) is 0 Å². The lowest BCUT2D eigenvalue weighted by atomic mass is 9.98. The van der Waals surface area contributed by atoms with E-state index in [-0.39, 0.29) is 18.9 Å². The van der Waals surface area contributed by atoms with Gasteiger partial charge in [-0.25, -0.2) is 13.8 Å². The molecular formula is C30H27F2N5O. The Bertz CT molecular complexity index is 1610. The second-order valence-electron chi connectivity index (χ2n) is 9.56. The summed E-state index contributed by atoms with van der Waals surface area (Å²) in [5, 5.41) is 3.04. The van der Waals surface area contributed by atoms with Crippen LogP contribution in [0.4, 0.5) is 8.78 Å². The fourth-order valence-electron chi connectivity index (χ4n) is 4.55. The van der Waals surface area contributed by atoms with E-state index in [9.17, 15) is 13.6 Å². The van der Waals surface area contributed by atoms with E-state index in [1.807, 2.05) is 57.2 Å². The Balaban J connectivity index is 1.49. The Labute approximate surface area is 219 Å². The Morgan fingerprint density at radius 3 is 2.32 bits per heavy atom. The van der Waals surface area contributed by atoms with Crippen LogP contribution in [0.25, 0.3) is 22.3 Å². The molecule has 0 fully saturated rings. The number of hydrogen-bond acceptors (Lipinski definition) is 4. The topological polar surface area (TPSA) is 72.7 Å². The third-order valence-corrected chi connectivity index (χ3v) is 6.63. The molecule has 5 aromatic rings. The lowest BCUT2D eigenvalue weighted by Crippen LogP contribution is -2.33. The van der Waals surface area contributed by atoms with E-state index in [0.717, 1.165) is 39.4 Å². The van der Waals surface area contributed by atoms with Crippen LogP contribution in [0, 0.1) is 32.4 Å². The van der Waals surface area contributed by atoms with Crippen molar-refractivity contribution in [2.24, 2.45) is 0 Å². The number of amides is 1. The van der Waals surface area contributed by atoms with Crippen molar-refractivity contribution in [3.8, 4) is 11.3 Å². The minimum absolute atomic E-state index is 0.0210. The molecule has 8 heteroatoms. The van der Waals surface area contributed by atoms with Gasteiger partial charge < -0.3 is 9.88 Å². The van der Waals surface area contributed by atoms with Crippen molar-refractivity contribution < 1.29 is 13.6 Å². The van der Waals surface area contributed by atoms with Gasteiger partial charge in [0.1, 0.15) is 18.2 Å². The second kappa shape index (κ2) is 10.5. The van der Waals surface area contributed by atoms with Gasteiger partial charge >= 0.3 is 0 Å². The number of halogens is 2. The summed E-state index contributed by atoms with van der Waals surface area (Å²) >= 11 is 0. The summed E-state index contributed by atoms with van der Waals surface area (Å²) in [5.74, 6) is -1.65. The average molecular weight is 512 g/mol. The van der Waals surface area contributed by atoms with Gasteiger partial charge in [0.2, 0.25) is 5.91 Å². The van der Waals surface area contributed by atoms with Gasteiger partial charge in [0, 0.05) is 24.0 Å². The molecule has 0 aliphatic rings. The maximum Gasteiger partial charge on any atom is 0.240 e. The zero-order chi connectivity index (χ0) is 26.8. The highest BCUT2D eigenvalue weighted by Gasteiger charge is 2.23. The number of rotatable bonds is 7. The van der Waals surface area contributed by atoms with Crippen LogP contribution in [0.1, 0.15) is 34.0 Å². The van der Waals surface area contributed by atoms with Crippen LogP contribution in [0.5, 0.6) is 0 Å². The fourth-order valence-corrected chi connectivity index (χ4v) is 4.55. The van der Waals surface area contributed by atoms with E-state index in [0.29, 0.717) is 17.0 Å². The van der Waals surface area contributed by atoms with E-state index in [2.05, 4.69) is 20.3 Å². The number of aryl methyl sites for hydroxylation is 3. The SMILES string of the molecule is Cc1ccc(-c2nccnc2C(Cc2cc(F)cc(F)c2)NC(=O)Cn2cnc3cc(C)c(C)cc32)cc1. The number of carbonyl (C=O) groups excluding carboxylic acids is 1. The minimum Gasteiger partial charge on any atom is -0.346 e. The summed E-state index contributed by atoms with van der Waals surface area (Å²) in [4.78, 5) is 26.9. The fraction of sp³-hybridized carbons (Fsp3) is 0.200. The van der Waals surface area contributed by atoms with Crippen molar-refractivity contribution in [3.05, 3.63) is 113 Å². The molecule has 0 aliphatic heterocycles. The van der Waals surface area contributed by atoms with Crippen molar-refractivity contribution in [1.82, 2.24) is 24.8 Å². The molecule has 1 N–H and O–H groups in total. The summed E-state index contributed by atoms with van der Waals surface area (Å²) in [6.45, 7) is 6.05. The zero-order valence-electron chi connectivity index (χ0n) is 21.4. The van der Waals surface area contributed by atoms with Gasteiger partial charge in [-0.1, -0.05) is 29.8 Å². The van der Waals surface area contributed by atoms with E-state index in [1.54, 1.807) is 23.3 Å². The Hall–Kier alpha value is -4.46. The third-order valence-electron chi connectivity index (χ3n) is 6.63. The predicted octanol–water partition coefficient (Wildman–Crippen LogP) is 5.80. The molecule has 0 saturated heterocycles. The number of benzene rings is 3. The molecule has 1 amide bonds. The van der Waals surface area contributed by atoms with Crippen LogP contribution in [-0.4, -0.2) is 25.4 Å². The van der Waals surface area contributed by atoms with Gasteiger partial charge in [0.05, 0.1) is 34.8 Å². The molecule has 38 heavy (non-hydrogen) atoms. The predicted molar refractivity (Wildman–Crippen MR) is 142 cm³/mol. The van der Waals surface area contributed by atoms with Crippen LogP contribution >= 0.6 is 0 Å². The second-order valence-corrected chi connectivity index (χ2v) is 9.56. The van der Waals surface area contributed by atoms with Gasteiger partial charge in [-0.2, -0.15) is 0 Å². The number of fused-ring (bicyclic) bond motifs is 1. The first-order valence-corrected chi connectivity index (χ1v) is 12.3. The normalized spacial score (nSPS) is 12.0. The van der Waals surface area contributed by atoms with Crippen LogP contribution in [0.2, 0.25) is 0 Å². The number of nitrogens with one attached hydrogen (secondary N) is 1. The largest absolute Gasteiger partial charge is 0.346 e. The van der Waals surface area contributed by atoms with Gasteiger partial charge in [-0.15, -0.1) is 0 Å². The summed E-state index contributed by atoms with van der Waals surface area (Å²) in [6, 6.07) is 14.5. The molecule has 6 nitrogen and oxygen atoms in total. The molecule has 0 bridgehead atoms. The van der Waals surface area contributed by atoms with Crippen LogP contribution in [-0.2, 0) is 17.8 Å². The number of aromatic nitrogens is 4. The standard InChI is InChI=1S/C30H27F2N5O/c1-18-4-6-22(7-5-18)29-30(34-9-8-33-29)26(14-21-12-23(31)15-24(32)13-21)36-28(38)16-37-17-35-25-10-19(2)20(3)11-27(25)37/h4-13,15,17,26H,14,16H2,1-3H3,(H,36,38). The number of hydrogen-bond donors (Lipinski definition) is 1. The molecule has 0 spiro atoms. The first-order valence-electron chi connectivity index (χ1n) is 12.3. The van der Waals surface area contributed by atoms with E-state index in [4.69, 9.17) is 0 Å². The van der Waals surface area contributed by atoms with E-state index < -0.39 is 17.7 Å². The Morgan fingerprint density at radius 1 is 0.895 bits per heavy atom. The maximum absolute atomic E-state index is 14.0. The monoisotopic (exact) mass is 511 g/mol. The molecule has 2 aromatic heterocycles. The van der Waals surface area contributed by atoms with Crippen molar-refractivity contribution in [3.63, 3.8) is 0 Å². The Morgan fingerprint density at radius 2 is 1.58 bits per heavy atom. The van der Waals surface area contributed by atoms with E-state index >= 15 is 0 Å². The smallest absolute Gasteiger partial charge is 0.240 e. The number of imidazole rings is 1. The molecule has 3 aromatic carbocycles. The lowest BCUT2D eigenvalue weighted by molar-refractivity contribution is -0.122. The summed E-state index contributed by atoms with van der Waals surface area (Å²) < 4.78 is 29.8. The first-order chi connectivity index (χ1) is 18.3. The quantitative estimate of drug-likeness (QED) is 0.300. The molecule has 1 atom stereocenters. The van der Waals surface area contributed by atoms with Crippen molar-refractivity contribution in [2.45, 2.75) is 39.8 Å². The molecular weight excluding hydrogens is 484 g/mol. The zero-order valence-corrected chi connectivity index (χ0v) is 21.4. The molecule has 0 aliphatic carbocycles. The van der Waals surface area contributed by atoms with Crippen molar-refractivity contribution in [2.75, 3.05) is 0 Å². The molecule has 2 heterocycles. The summed E-state index contributed by atoms with van der Waals surface area (Å²) in [7, 11) is 0. The highest BCUT2D eigenvalue weighted by atomic mass is 19.1. The molecule has 5 rings (SSSR count). The number of nitrogens with zero attached hydrogens (tertiary/aromatic N) is 4. The summed E-state index contributed by atoms with van der Waals surface area (Å²) in [6.07, 6.45) is 4.90. The van der Waals surface area contributed by atoms with Crippen LogP contribution in [0.3, 0.4) is 0 Å². The van der Waals surface area contributed by atoms with Crippen molar-refractivity contribution >= 4 is 16.9 Å². The molecule has 0 radical (unpaired) electrons. The highest BCUT2D eigenvalue weighted by Crippen LogP contribution is 2.28. The number of carbonyl (C=O) groups is 1. The molecule has 192 valence electrons. The summed E-state index contributed by atoms with van der Waals surface area (Å²) in [5.41, 5.74) is 7.31. The maximum atomic E-state index is 14.0. The van der Waals surface area contributed by atoms with Gasteiger partial charge in [-0.3, -0.25) is 14.8 Å². The highest BCUT2D eigenvalue weighted by molar-refractivity contribution is 5.82. The lowest BCUT2D eigenvalue weighted by Gasteiger charge is -2.21. The van der Waals surface area contributed by atoms with Gasteiger partial charge in [-0.05, 0) is 68.1 Å². The first kappa shape index (κ1) is 25.2.